The number of rotatable bonds is 3. The van der Waals surface area contributed by atoms with Crippen molar-refractivity contribution >= 4 is 51.5 Å². The topological polar surface area (TPSA) is 49.3 Å². The average Bonchev–Trinajstić information content (AvgIpc) is 2.33. The zero-order chi connectivity index (χ0) is 13.1. The molecule has 0 bridgehead atoms. The van der Waals surface area contributed by atoms with Crippen molar-refractivity contribution in [2.45, 2.75) is 0 Å². The second-order valence-corrected chi connectivity index (χ2v) is 5.25. The van der Waals surface area contributed by atoms with Gasteiger partial charge in [0.05, 0.1) is 22.0 Å². The van der Waals surface area contributed by atoms with Crippen LogP contribution in [0.1, 0.15) is 10.4 Å². The molecule has 0 fully saturated rings. The lowest BCUT2D eigenvalue weighted by Gasteiger charge is -2.11. The maximum atomic E-state index is 11.1. The lowest BCUT2D eigenvalue weighted by Crippen LogP contribution is -2.02. The van der Waals surface area contributed by atoms with Gasteiger partial charge < -0.3 is 10.4 Å². The Hall–Kier alpha value is -1.27. The number of hydrogen-bond acceptors (Lipinski definition) is 2. The first-order valence-electron chi connectivity index (χ1n) is 5.12. The van der Waals surface area contributed by atoms with Gasteiger partial charge in [-0.3, -0.25) is 0 Å². The van der Waals surface area contributed by atoms with Crippen LogP contribution < -0.4 is 5.32 Å². The Labute approximate surface area is 123 Å². The minimum absolute atomic E-state index is 0.215. The standard InChI is InChI=1S/C13H9ClINO2/c14-10-7-8(15)5-6-12(10)16-11-4-2-1-3-9(11)13(17)18/h1-7,16H,(H,17,18). The van der Waals surface area contributed by atoms with Crippen LogP contribution in [-0.4, -0.2) is 11.1 Å². The molecule has 5 heteroatoms. The van der Waals surface area contributed by atoms with Crippen molar-refractivity contribution in [2.24, 2.45) is 0 Å². The fourth-order valence-electron chi connectivity index (χ4n) is 1.51. The van der Waals surface area contributed by atoms with Gasteiger partial charge in [0.25, 0.3) is 0 Å². The molecule has 0 aromatic heterocycles. The molecule has 0 heterocycles. The zero-order valence-corrected chi connectivity index (χ0v) is 12.1. The first kappa shape index (κ1) is 13.2. The molecule has 3 nitrogen and oxygen atoms in total. The first-order chi connectivity index (χ1) is 8.58. The molecule has 0 aliphatic carbocycles. The van der Waals surface area contributed by atoms with E-state index in [4.69, 9.17) is 16.7 Å². The van der Waals surface area contributed by atoms with E-state index in [0.717, 1.165) is 3.57 Å². The first-order valence-corrected chi connectivity index (χ1v) is 6.58. The van der Waals surface area contributed by atoms with Crippen molar-refractivity contribution in [1.82, 2.24) is 0 Å². The lowest BCUT2D eigenvalue weighted by atomic mass is 10.1. The number of carboxylic acid groups (broad SMARTS) is 1. The Morgan fingerprint density at radius 3 is 2.56 bits per heavy atom. The lowest BCUT2D eigenvalue weighted by molar-refractivity contribution is 0.0698. The summed E-state index contributed by atoms with van der Waals surface area (Å²) in [6.45, 7) is 0. The van der Waals surface area contributed by atoms with Crippen LogP contribution in [0.2, 0.25) is 5.02 Å². The molecule has 2 aromatic carbocycles. The van der Waals surface area contributed by atoms with E-state index in [1.54, 1.807) is 24.3 Å². The molecule has 18 heavy (non-hydrogen) atoms. The summed E-state index contributed by atoms with van der Waals surface area (Å²) in [5.41, 5.74) is 1.42. The van der Waals surface area contributed by atoms with Crippen molar-refractivity contribution in [3.05, 3.63) is 56.6 Å². The van der Waals surface area contributed by atoms with E-state index in [9.17, 15) is 4.79 Å². The van der Waals surface area contributed by atoms with Crippen molar-refractivity contribution in [2.75, 3.05) is 5.32 Å². The molecule has 0 radical (unpaired) electrons. The summed E-state index contributed by atoms with van der Waals surface area (Å²) < 4.78 is 1.02. The van der Waals surface area contributed by atoms with Gasteiger partial charge in [0, 0.05) is 3.57 Å². The number of anilines is 2. The van der Waals surface area contributed by atoms with Crippen molar-refractivity contribution in [3.8, 4) is 0 Å². The van der Waals surface area contributed by atoms with Gasteiger partial charge in [-0.2, -0.15) is 0 Å². The monoisotopic (exact) mass is 373 g/mol. The van der Waals surface area contributed by atoms with Gasteiger partial charge >= 0.3 is 5.97 Å². The molecular formula is C13H9ClINO2. The molecule has 0 amide bonds. The minimum Gasteiger partial charge on any atom is -0.478 e. The fraction of sp³-hybridized carbons (Fsp3) is 0. The molecule has 0 aliphatic heterocycles. The smallest absolute Gasteiger partial charge is 0.337 e. The molecule has 2 aromatic rings. The quantitative estimate of drug-likeness (QED) is 0.785. The number of aromatic carboxylic acids is 1. The van der Waals surface area contributed by atoms with Gasteiger partial charge in [-0.1, -0.05) is 23.7 Å². The highest BCUT2D eigenvalue weighted by Gasteiger charge is 2.10. The second-order valence-electron chi connectivity index (χ2n) is 3.60. The van der Waals surface area contributed by atoms with Gasteiger partial charge in [0.2, 0.25) is 0 Å². The molecule has 0 atom stereocenters. The maximum Gasteiger partial charge on any atom is 0.337 e. The fourth-order valence-corrected chi connectivity index (χ4v) is 2.42. The van der Waals surface area contributed by atoms with Crippen molar-refractivity contribution in [1.29, 1.82) is 0 Å². The van der Waals surface area contributed by atoms with Crippen LogP contribution >= 0.6 is 34.2 Å². The zero-order valence-electron chi connectivity index (χ0n) is 9.15. The maximum absolute atomic E-state index is 11.1. The third-order valence-electron chi connectivity index (χ3n) is 2.36. The highest BCUT2D eigenvalue weighted by Crippen LogP contribution is 2.28. The van der Waals surface area contributed by atoms with E-state index >= 15 is 0 Å². The Balaban J connectivity index is 2.37. The number of nitrogens with one attached hydrogen (secondary N) is 1. The molecule has 2 N–H and O–H groups in total. The third-order valence-corrected chi connectivity index (χ3v) is 3.34. The molecular weight excluding hydrogens is 365 g/mol. The van der Waals surface area contributed by atoms with Crippen LogP contribution in [0, 0.1) is 3.57 Å². The van der Waals surface area contributed by atoms with E-state index in [2.05, 4.69) is 27.9 Å². The Bertz CT molecular complexity index is 601. The van der Waals surface area contributed by atoms with E-state index in [1.807, 2.05) is 18.2 Å². The van der Waals surface area contributed by atoms with E-state index in [0.29, 0.717) is 16.4 Å². The van der Waals surface area contributed by atoms with Crippen molar-refractivity contribution < 1.29 is 9.90 Å². The largest absolute Gasteiger partial charge is 0.478 e. The summed E-state index contributed by atoms with van der Waals surface area (Å²) in [6, 6.07) is 12.2. The van der Waals surface area contributed by atoms with Gasteiger partial charge in [0.1, 0.15) is 0 Å². The predicted molar refractivity (Wildman–Crippen MR) is 80.9 cm³/mol. The highest BCUT2D eigenvalue weighted by atomic mass is 127. The summed E-state index contributed by atoms with van der Waals surface area (Å²) in [5, 5.41) is 12.7. The summed E-state index contributed by atoms with van der Waals surface area (Å²) in [6.07, 6.45) is 0. The summed E-state index contributed by atoms with van der Waals surface area (Å²) in [4.78, 5) is 11.1. The van der Waals surface area contributed by atoms with Crippen molar-refractivity contribution in [3.63, 3.8) is 0 Å². The number of para-hydroxylation sites is 1. The second kappa shape index (κ2) is 5.58. The molecule has 0 spiro atoms. The Morgan fingerprint density at radius 2 is 1.89 bits per heavy atom. The summed E-state index contributed by atoms with van der Waals surface area (Å²) in [7, 11) is 0. The van der Waals surface area contributed by atoms with Gasteiger partial charge in [0.15, 0.2) is 0 Å². The summed E-state index contributed by atoms with van der Waals surface area (Å²) in [5.74, 6) is -0.972. The van der Waals surface area contributed by atoms with E-state index < -0.39 is 5.97 Å². The Morgan fingerprint density at radius 1 is 1.17 bits per heavy atom. The number of halogens is 2. The number of carboxylic acids is 1. The van der Waals surface area contributed by atoms with Gasteiger partial charge in [-0.25, -0.2) is 4.79 Å². The minimum atomic E-state index is -0.972. The van der Waals surface area contributed by atoms with Crippen LogP contribution in [0.4, 0.5) is 11.4 Å². The van der Waals surface area contributed by atoms with Crippen LogP contribution in [0.25, 0.3) is 0 Å². The third kappa shape index (κ3) is 2.94. The predicted octanol–water partition coefficient (Wildman–Crippen LogP) is 4.39. The highest BCUT2D eigenvalue weighted by molar-refractivity contribution is 14.1. The number of hydrogen-bond donors (Lipinski definition) is 2. The van der Waals surface area contributed by atoms with E-state index in [1.165, 1.54) is 0 Å². The number of benzene rings is 2. The number of carbonyl (C=O) groups is 1. The summed E-state index contributed by atoms with van der Waals surface area (Å²) >= 11 is 8.26. The normalized spacial score (nSPS) is 10.1. The molecule has 2 rings (SSSR count). The van der Waals surface area contributed by atoms with Gasteiger partial charge in [-0.15, -0.1) is 0 Å². The van der Waals surface area contributed by atoms with Crippen LogP contribution in [-0.2, 0) is 0 Å². The molecule has 0 aliphatic rings. The van der Waals surface area contributed by atoms with Crippen LogP contribution in [0.15, 0.2) is 42.5 Å². The molecule has 0 saturated carbocycles. The SMILES string of the molecule is O=C(O)c1ccccc1Nc1ccc(I)cc1Cl. The van der Waals surface area contributed by atoms with E-state index in [-0.39, 0.29) is 5.56 Å². The Kier molecular flexibility index (Phi) is 4.08. The van der Waals surface area contributed by atoms with Crippen LogP contribution in [0.3, 0.4) is 0 Å². The van der Waals surface area contributed by atoms with Crippen LogP contribution in [0.5, 0.6) is 0 Å². The molecule has 0 unspecified atom stereocenters. The average molecular weight is 374 g/mol. The van der Waals surface area contributed by atoms with Gasteiger partial charge in [-0.05, 0) is 52.9 Å². The molecule has 92 valence electrons. The molecule has 0 saturated heterocycles.